The number of carboxylic acids is 1. The lowest BCUT2D eigenvalue weighted by Gasteiger charge is -2.54. The van der Waals surface area contributed by atoms with Crippen LogP contribution in [-0.4, -0.2) is 51.3 Å². The number of amides is 1. The molecule has 1 amide bonds. The number of likely N-dealkylation sites (tertiary alicyclic amines) is 1. The van der Waals surface area contributed by atoms with E-state index in [1.165, 1.54) is 0 Å². The van der Waals surface area contributed by atoms with Crippen molar-refractivity contribution in [2.24, 2.45) is 5.92 Å². The number of benzene rings is 1. The topological polar surface area (TPSA) is 102 Å². The number of fused-ring (bicyclic) bond motifs is 3. The highest BCUT2D eigenvalue weighted by Crippen LogP contribution is 2.55. The second-order valence-electron chi connectivity index (χ2n) is 9.71. The Hall–Kier alpha value is -2.87. The molecule has 0 saturated carbocycles. The van der Waals surface area contributed by atoms with Crippen LogP contribution in [0.4, 0.5) is 0 Å². The zero-order chi connectivity index (χ0) is 23.2. The Bertz CT molecular complexity index is 1070. The van der Waals surface area contributed by atoms with Crippen LogP contribution >= 0.6 is 0 Å². The van der Waals surface area contributed by atoms with Crippen LogP contribution in [0, 0.1) is 5.92 Å². The number of hydrogen-bond acceptors (Lipinski definition) is 6. The number of aromatic nitrogens is 1. The standard InChI is InChI=1S/C25H30N2O6/c1-3-16-13-19(26-33-16)23(30)27-12-6-10-25(27)14-18-22(31-15-25)17-7-4-5-8-20(17)32-24(18,2)11-9-21(28)29/h4-5,7-8,13,18,22H,3,6,9-12,14-15H2,1-2H3,(H,28,29)/t18-,22+,24+,25+/m1/s1. The van der Waals surface area contributed by atoms with Gasteiger partial charge in [-0.1, -0.05) is 30.3 Å². The smallest absolute Gasteiger partial charge is 0.303 e. The average molecular weight is 455 g/mol. The number of carbonyl (C=O) groups excluding carboxylic acids is 1. The summed E-state index contributed by atoms with van der Waals surface area (Å²) in [6.45, 7) is 5.01. The molecular formula is C25H30N2O6. The molecule has 1 aromatic heterocycles. The highest BCUT2D eigenvalue weighted by Gasteiger charge is 2.57. The third kappa shape index (κ3) is 3.70. The molecule has 1 aromatic carbocycles. The molecule has 2 fully saturated rings. The van der Waals surface area contributed by atoms with Gasteiger partial charge in [-0.25, -0.2) is 0 Å². The molecule has 3 aliphatic heterocycles. The minimum absolute atomic E-state index is 0.0102. The molecule has 0 bridgehead atoms. The van der Waals surface area contributed by atoms with Gasteiger partial charge in [-0.2, -0.15) is 0 Å². The predicted octanol–water partition coefficient (Wildman–Crippen LogP) is 4.01. The molecule has 5 rings (SSSR count). The minimum Gasteiger partial charge on any atom is -0.487 e. The fourth-order valence-corrected chi connectivity index (χ4v) is 5.84. The first-order valence-electron chi connectivity index (χ1n) is 11.7. The molecule has 8 nitrogen and oxygen atoms in total. The van der Waals surface area contributed by atoms with Crippen LogP contribution in [0.15, 0.2) is 34.9 Å². The number of para-hydroxylation sites is 1. The Balaban J connectivity index is 1.47. The first-order chi connectivity index (χ1) is 15.8. The SMILES string of the molecule is CCc1cc(C(=O)N2CCC[C@]23CO[C@H]2c4ccccc4O[C@@](C)(CCC(=O)O)[C@@H]2C3)no1. The maximum absolute atomic E-state index is 13.4. The van der Waals surface area contributed by atoms with Gasteiger partial charge < -0.3 is 24.0 Å². The van der Waals surface area contributed by atoms with Crippen molar-refractivity contribution >= 4 is 11.9 Å². The predicted molar refractivity (Wildman–Crippen MR) is 118 cm³/mol. The van der Waals surface area contributed by atoms with Gasteiger partial charge in [0.25, 0.3) is 5.91 Å². The van der Waals surface area contributed by atoms with Crippen molar-refractivity contribution < 1.29 is 28.7 Å². The fraction of sp³-hybridized carbons (Fsp3) is 0.560. The molecule has 1 spiro atoms. The Morgan fingerprint density at radius 1 is 1.30 bits per heavy atom. The molecule has 0 unspecified atom stereocenters. The van der Waals surface area contributed by atoms with E-state index in [-0.39, 0.29) is 24.3 Å². The molecule has 3 aliphatic rings. The third-order valence-electron chi connectivity index (χ3n) is 7.65. The van der Waals surface area contributed by atoms with Crippen LogP contribution in [0.25, 0.3) is 0 Å². The van der Waals surface area contributed by atoms with Gasteiger partial charge in [0.05, 0.1) is 18.2 Å². The number of aryl methyl sites for hydroxylation is 1. The summed E-state index contributed by atoms with van der Waals surface area (Å²) in [5.41, 5.74) is 0.133. The van der Waals surface area contributed by atoms with Gasteiger partial charge in [0.15, 0.2) is 5.69 Å². The first kappa shape index (κ1) is 21.9. The quantitative estimate of drug-likeness (QED) is 0.728. The van der Waals surface area contributed by atoms with E-state index in [0.717, 1.165) is 24.2 Å². The van der Waals surface area contributed by atoms with E-state index in [0.29, 0.717) is 43.9 Å². The van der Waals surface area contributed by atoms with Crippen molar-refractivity contribution in [3.05, 3.63) is 47.3 Å². The lowest BCUT2D eigenvalue weighted by molar-refractivity contribution is -0.169. The highest BCUT2D eigenvalue weighted by molar-refractivity contribution is 5.93. The van der Waals surface area contributed by atoms with Crippen LogP contribution < -0.4 is 4.74 Å². The number of ether oxygens (including phenoxy) is 2. The van der Waals surface area contributed by atoms with Crippen molar-refractivity contribution in [3.63, 3.8) is 0 Å². The summed E-state index contributed by atoms with van der Waals surface area (Å²) in [6, 6.07) is 9.54. The van der Waals surface area contributed by atoms with Gasteiger partial charge in [-0.05, 0) is 38.7 Å². The molecule has 4 atom stereocenters. The van der Waals surface area contributed by atoms with Gasteiger partial charge in [-0.15, -0.1) is 0 Å². The molecule has 2 saturated heterocycles. The van der Waals surface area contributed by atoms with Crippen molar-refractivity contribution in [3.8, 4) is 5.75 Å². The second kappa shape index (κ2) is 8.17. The van der Waals surface area contributed by atoms with E-state index in [2.05, 4.69) is 5.16 Å². The molecule has 0 aliphatic carbocycles. The third-order valence-corrected chi connectivity index (χ3v) is 7.65. The second-order valence-corrected chi connectivity index (χ2v) is 9.71. The van der Waals surface area contributed by atoms with Crippen molar-refractivity contribution in [2.75, 3.05) is 13.2 Å². The van der Waals surface area contributed by atoms with Gasteiger partial charge in [0.1, 0.15) is 17.1 Å². The maximum Gasteiger partial charge on any atom is 0.303 e. The molecule has 4 heterocycles. The lowest BCUT2D eigenvalue weighted by atomic mass is 9.68. The summed E-state index contributed by atoms with van der Waals surface area (Å²) in [5, 5.41) is 13.4. The molecule has 176 valence electrons. The Morgan fingerprint density at radius 3 is 2.88 bits per heavy atom. The molecular weight excluding hydrogens is 424 g/mol. The van der Waals surface area contributed by atoms with Crippen molar-refractivity contribution in [1.29, 1.82) is 0 Å². The van der Waals surface area contributed by atoms with Crippen LogP contribution in [0.5, 0.6) is 5.75 Å². The van der Waals surface area contributed by atoms with E-state index in [1.807, 2.05) is 43.0 Å². The number of hydrogen-bond donors (Lipinski definition) is 1. The zero-order valence-electron chi connectivity index (χ0n) is 19.1. The van der Waals surface area contributed by atoms with Crippen LogP contribution in [-0.2, 0) is 16.0 Å². The summed E-state index contributed by atoms with van der Waals surface area (Å²) in [4.78, 5) is 26.7. The summed E-state index contributed by atoms with van der Waals surface area (Å²) in [6.07, 6.45) is 3.26. The number of rotatable bonds is 5. The first-order valence-corrected chi connectivity index (χ1v) is 11.7. The molecule has 1 N–H and O–H groups in total. The Morgan fingerprint density at radius 2 is 2.12 bits per heavy atom. The number of nitrogens with zero attached hydrogens (tertiary/aromatic N) is 2. The van der Waals surface area contributed by atoms with Crippen molar-refractivity contribution in [1.82, 2.24) is 10.1 Å². The summed E-state index contributed by atoms with van der Waals surface area (Å²) in [7, 11) is 0. The average Bonchev–Trinajstić information content (AvgIpc) is 3.45. The summed E-state index contributed by atoms with van der Waals surface area (Å²) < 4.78 is 18.3. The largest absolute Gasteiger partial charge is 0.487 e. The number of carbonyl (C=O) groups is 2. The van der Waals surface area contributed by atoms with E-state index < -0.39 is 17.1 Å². The van der Waals surface area contributed by atoms with Crippen LogP contribution in [0.3, 0.4) is 0 Å². The molecule has 2 aromatic rings. The van der Waals surface area contributed by atoms with Crippen molar-refractivity contribution in [2.45, 2.75) is 69.6 Å². The number of carboxylic acid groups (broad SMARTS) is 1. The normalized spacial score (nSPS) is 30.5. The van der Waals surface area contributed by atoms with Gasteiger partial charge in [0, 0.05) is 36.9 Å². The van der Waals surface area contributed by atoms with E-state index in [1.54, 1.807) is 6.07 Å². The van der Waals surface area contributed by atoms with Gasteiger partial charge in [-0.3, -0.25) is 9.59 Å². The molecule has 0 radical (unpaired) electrons. The van der Waals surface area contributed by atoms with Gasteiger partial charge in [0.2, 0.25) is 0 Å². The fourth-order valence-electron chi connectivity index (χ4n) is 5.84. The number of aliphatic carboxylic acids is 1. The lowest BCUT2D eigenvalue weighted by Crippen LogP contribution is -2.60. The zero-order valence-corrected chi connectivity index (χ0v) is 19.1. The minimum atomic E-state index is -0.850. The van der Waals surface area contributed by atoms with Crippen LogP contribution in [0.1, 0.15) is 73.9 Å². The Labute approximate surface area is 192 Å². The molecule has 33 heavy (non-hydrogen) atoms. The Kier molecular flexibility index (Phi) is 5.43. The van der Waals surface area contributed by atoms with Crippen LogP contribution in [0.2, 0.25) is 0 Å². The maximum atomic E-state index is 13.4. The van der Waals surface area contributed by atoms with Gasteiger partial charge >= 0.3 is 5.97 Å². The monoisotopic (exact) mass is 454 g/mol. The summed E-state index contributed by atoms with van der Waals surface area (Å²) in [5.74, 6) is 0.360. The summed E-state index contributed by atoms with van der Waals surface area (Å²) >= 11 is 0. The van der Waals surface area contributed by atoms with E-state index >= 15 is 0 Å². The van der Waals surface area contributed by atoms with E-state index in [9.17, 15) is 14.7 Å². The molecule has 8 heteroatoms. The van der Waals surface area contributed by atoms with E-state index in [4.69, 9.17) is 14.0 Å². The highest BCUT2D eigenvalue weighted by atomic mass is 16.5.